The van der Waals surface area contributed by atoms with Gasteiger partial charge in [0, 0.05) is 18.2 Å². The van der Waals surface area contributed by atoms with Crippen molar-refractivity contribution in [3.8, 4) is 5.88 Å². The van der Waals surface area contributed by atoms with Crippen LogP contribution in [0.15, 0.2) is 18.2 Å². The van der Waals surface area contributed by atoms with E-state index in [1.54, 1.807) is 0 Å². The third-order valence-corrected chi connectivity index (χ3v) is 2.18. The fourth-order valence-electron chi connectivity index (χ4n) is 1.40. The zero-order valence-electron chi connectivity index (χ0n) is 9.75. The molecular formula is C11H9F3N4O. The number of hydrogen-bond donors (Lipinski definition) is 2. The quantitative estimate of drug-likeness (QED) is 0.837. The lowest BCUT2D eigenvalue weighted by Gasteiger charge is -2.09. The number of nitrogens with two attached hydrogens (primary N) is 1. The Hall–Kier alpha value is -2.51. The average Bonchev–Trinajstić information content (AvgIpc) is 2.34. The van der Waals surface area contributed by atoms with Crippen LogP contribution in [-0.4, -0.2) is 17.1 Å². The predicted molar refractivity (Wildman–Crippen MR) is 62.6 cm³/mol. The molecule has 0 spiro atoms. The lowest BCUT2D eigenvalue weighted by atomic mass is 10.3. The summed E-state index contributed by atoms with van der Waals surface area (Å²) in [5, 5.41) is 2.40. The molecule has 2 aromatic rings. The molecule has 3 N–H and O–H groups in total. The highest BCUT2D eigenvalue weighted by molar-refractivity contribution is 5.58. The number of nitrogens with one attached hydrogen (secondary N) is 1. The minimum absolute atomic E-state index is 0.0493. The Kier molecular flexibility index (Phi) is 3.41. The lowest BCUT2D eigenvalue weighted by Crippen LogP contribution is -2.04. The highest BCUT2D eigenvalue weighted by Gasteiger charge is 2.12. The third kappa shape index (κ3) is 2.84. The molecule has 0 amide bonds. The molecule has 5 nitrogen and oxygen atoms in total. The van der Waals surface area contributed by atoms with Crippen LogP contribution in [0, 0.1) is 17.5 Å². The molecule has 1 heterocycles. The van der Waals surface area contributed by atoms with Gasteiger partial charge < -0.3 is 15.8 Å². The van der Waals surface area contributed by atoms with E-state index in [0.717, 1.165) is 6.07 Å². The largest absolute Gasteiger partial charge is 0.481 e. The van der Waals surface area contributed by atoms with Crippen molar-refractivity contribution in [3.05, 3.63) is 35.7 Å². The summed E-state index contributed by atoms with van der Waals surface area (Å²) in [6.45, 7) is 0. The van der Waals surface area contributed by atoms with Crippen LogP contribution >= 0.6 is 0 Å². The standard InChI is InChI=1S/C11H9F3N4O/c1-19-9-4-8(17-11(15)18-9)16-7-3-5(12)2-6(13)10(7)14/h2-4H,1H3,(H3,15,16,17,18). The Bertz CT molecular complexity index is 621. The zero-order valence-corrected chi connectivity index (χ0v) is 9.75. The molecule has 0 aliphatic rings. The van der Waals surface area contributed by atoms with Gasteiger partial charge in [-0.25, -0.2) is 13.2 Å². The number of rotatable bonds is 3. The van der Waals surface area contributed by atoms with Crippen LogP contribution in [0.2, 0.25) is 0 Å². The number of ether oxygens (including phenoxy) is 1. The van der Waals surface area contributed by atoms with Crippen molar-refractivity contribution in [1.29, 1.82) is 0 Å². The summed E-state index contributed by atoms with van der Waals surface area (Å²) in [4.78, 5) is 7.46. The molecule has 0 bridgehead atoms. The lowest BCUT2D eigenvalue weighted by molar-refractivity contribution is 0.398. The van der Waals surface area contributed by atoms with Crippen molar-refractivity contribution in [2.75, 3.05) is 18.2 Å². The van der Waals surface area contributed by atoms with Crippen molar-refractivity contribution >= 4 is 17.5 Å². The van der Waals surface area contributed by atoms with E-state index >= 15 is 0 Å². The van der Waals surface area contributed by atoms with Crippen LogP contribution < -0.4 is 15.8 Å². The minimum Gasteiger partial charge on any atom is -0.481 e. The highest BCUT2D eigenvalue weighted by Crippen LogP contribution is 2.24. The van der Waals surface area contributed by atoms with E-state index in [2.05, 4.69) is 15.3 Å². The van der Waals surface area contributed by atoms with Crippen LogP contribution in [-0.2, 0) is 0 Å². The van der Waals surface area contributed by atoms with Crippen LogP contribution in [0.4, 0.5) is 30.6 Å². The summed E-state index contributed by atoms with van der Waals surface area (Å²) in [5.74, 6) is -3.40. The fraction of sp³-hybridized carbons (Fsp3) is 0.0909. The van der Waals surface area contributed by atoms with Crippen molar-refractivity contribution in [1.82, 2.24) is 9.97 Å². The van der Waals surface area contributed by atoms with Crippen LogP contribution in [0.1, 0.15) is 0 Å². The number of halogens is 3. The Morgan fingerprint density at radius 2 is 1.89 bits per heavy atom. The SMILES string of the molecule is COc1cc(Nc2cc(F)cc(F)c2F)nc(N)n1. The maximum atomic E-state index is 13.4. The maximum Gasteiger partial charge on any atom is 0.225 e. The van der Waals surface area contributed by atoms with Gasteiger partial charge in [0.1, 0.15) is 11.6 Å². The Morgan fingerprint density at radius 1 is 1.16 bits per heavy atom. The van der Waals surface area contributed by atoms with E-state index in [1.807, 2.05) is 0 Å². The molecule has 0 unspecified atom stereocenters. The van der Waals surface area contributed by atoms with Gasteiger partial charge >= 0.3 is 0 Å². The first-order valence-electron chi connectivity index (χ1n) is 5.09. The topological polar surface area (TPSA) is 73.1 Å². The monoisotopic (exact) mass is 270 g/mol. The number of aromatic nitrogens is 2. The van der Waals surface area contributed by atoms with E-state index in [1.165, 1.54) is 13.2 Å². The summed E-state index contributed by atoms with van der Waals surface area (Å²) in [6, 6.07) is 2.54. The average molecular weight is 270 g/mol. The van der Waals surface area contributed by atoms with Crippen molar-refractivity contribution in [2.45, 2.75) is 0 Å². The molecule has 1 aromatic heterocycles. The summed E-state index contributed by atoms with van der Waals surface area (Å²) in [7, 11) is 1.36. The number of nitrogens with zero attached hydrogens (tertiary/aromatic N) is 2. The van der Waals surface area contributed by atoms with Gasteiger partial charge in [-0.15, -0.1) is 0 Å². The molecular weight excluding hydrogens is 261 g/mol. The van der Waals surface area contributed by atoms with Gasteiger partial charge in [-0.2, -0.15) is 9.97 Å². The van der Waals surface area contributed by atoms with Crippen molar-refractivity contribution in [2.24, 2.45) is 0 Å². The van der Waals surface area contributed by atoms with Gasteiger partial charge in [0.2, 0.25) is 11.8 Å². The summed E-state index contributed by atoms with van der Waals surface area (Å²) < 4.78 is 44.3. The van der Waals surface area contributed by atoms with Crippen LogP contribution in [0.3, 0.4) is 0 Å². The van der Waals surface area contributed by atoms with E-state index in [0.29, 0.717) is 6.07 Å². The number of benzene rings is 1. The second kappa shape index (κ2) is 5.01. The minimum atomic E-state index is -1.31. The molecule has 0 saturated carbocycles. The van der Waals surface area contributed by atoms with Crippen molar-refractivity contribution in [3.63, 3.8) is 0 Å². The fourth-order valence-corrected chi connectivity index (χ4v) is 1.40. The zero-order chi connectivity index (χ0) is 14.0. The number of anilines is 3. The van der Waals surface area contributed by atoms with Crippen LogP contribution in [0.25, 0.3) is 0 Å². The first-order valence-corrected chi connectivity index (χ1v) is 5.09. The first-order chi connectivity index (χ1) is 8.99. The molecule has 19 heavy (non-hydrogen) atoms. The summed E-state index contributed by atoms with van der Waals surface area (Å²) in [6.07, 6.45) is 0. The Labute approximate surface area is 106 Å². The molecule has 0 radical (unpaired) electrons. The van der Waals surface area contributed by atoms with E-state index in [-0.39, 0.29) is 17.6 Å². The summed E-state index contributed by atoms with van der Waals surface area (Å²) in [5.41, 5.74) is 5.00. The molecule has 0 saturated heterocycles. The predicted octanol–water partition coefficient (Wildman–Crippen LogP) is 2.23. The molecule has 0 fully saturated rings. The third-order valence-electron chi connectivity index (χ3n) is 2.18. The Balaban J connectivity index is 2.38. The van der Waals surface area contributed by atoms with Gasteiger partial charge in [0.25, 0.3) is 0 Å². The molecule has 1 aromatic carbocycles. The normalized spacial score (nSPS) is 10.3. The van der Waals surface area contributed by atoms with Gasteiger partial charge in [-0.1, -0.05) is 0 Å². The summed E-state index contributed by atoms with van der Waals surface area (Å²) >= 11 is 0. The molecule has 100 valence electrons. The van der Waals surface area contributed by atoms with E-state index in [4.69, 9.17) is 10.5 Å². The molecule has 2 rings (SSSR count). The van der Waals surface area contributed by atoms with Gasteiger partial charge in [0.15, 0.2) is 11.6 Å². The maximum absolute atomic E-state index is 13.4. The van der Waals surface area contributed by atoms with Gasteiger partial charge in [-0.3, -0.25) is 0 Å². The number of methoxy groups -OCH3 is 1. The second-order valence-corrected chi connectivity index (χ2v) is 3.53. The highest BCUT2D eigenvalue weighted by atomic mass is 19.2. The molecule has 0 aliphatic carbocycles. The van der Waals surface area contributed by atoms with E-state index < -0.39 is 23.1 Å². The van der Waals surface area contributed by atoms with E-state index in [9.17, 15) is 13.2 Å². The smallest absolute Gasteiger partial charge is 0.225 e. The number of hydrogen-bond acceptors (Lipinski definition) is 5. The first kappa shape index (κ1) is 12.9. The number of nitrogen functional groups attached to an aromatic ring is 1. The van der Waals surface area contributed by atoms with Gasteiger partial charge in [-0.05, 0) is 0 Å². The van der Waals surface area contributed by atoms with Crippen LogP contribution in [0.5, 0.6) is 5.88 Å². The molecule has 8 heteroatoms. The van der Waals surface area contributed by atoms with Crippen molar-refractivity contribution < 1.29 is 17.9 Å². The Morgan fingerprint density at radius 3 is 2.58 bits per heavy atom. The molecule has 0 atom stereocenters. The van der Waals surface area contributed by atoms with Gasteiger partial charge in [0.05, 0.1) is 12.8 Å². The second-order valence-electron chi connectivity index (χ2n) is 3.53. The molecule has 0 aliphatic heterocycles.